The van der Waals surface area contributed by atoms with Crippen LogP contribution in [0.1, 0.15) is 38.8 Å². The predicted molar refractivity (Wildman–Crippen MR) is 114 cm³/mol. The van der Waals surface area contributed by atoms with Crippen LogP contribution in [0.15, 0.2) is 72.8 Å². The fourth-order valence-electron chi connectivity index (χ4n) is 2.92. The molecule has 0 aliphatic heterocycles. The van der Waals surface area contributed by atoms with Crippen LogP contribution in [0.2, 0.25) is 0 Å². The molecule has 0 radical (unpaired) electrons. The molecule has 30 heavy (non-hydrogen) atoms. The molecule has 5 nitrogen and oxygen atoms in total. The number of aryl methyl sites for hydroxylation is 1. The molecule has 0 saturated heterocycles. The van der Waals surface area contributed by atoms with Crippen molar-refractivity contribution in [2.75, 3.05) is 13.2 Å². The summed E-state index contributed by atoms with van der Waals surface area (Å²) < 4.78 is 16.4. The van der Waals surface area contributed by atoms with E-state index >= 15 is 0 Å². The number of Topliss-reactive ketones (excluding diaryl/α,β-unsaturated/α-hetero) is 1. The lowest BCUT2D eigenvalue weighted by Crippen LogP contribution is -2.15. The Bertz CT molecular complexity index is 1010. The van der Waals surface area contributed by atoms with Crippen molar-refractivity contribution in [1.29, 1.82) is 0 Å². The first-order chi connectivity index (χ1) is 14.6. The summed E-state index contributed by atoms with van der Waals surface area (Å²) >= 11 is 0. The molecule has 0 heterocycles. The molecule has 3 aromatic rings. The van der Waals surface area contributed by atoms with E-state index < -0.39 is 5.97 Å². The van der Waals surface area contributed by atoms with Crippen molar-refractivity contribution in [3.05, 3.63) is 95.1 Å². The Morgan fingerprint density at radius 1 is 0.867 bits per heavy atom. The van der Waals surface area contributed by atoms with Gasteiger partial charge in [-0.15, -0.1) is 0 Å². The van der Waals surface area contributed by atoms with Gasteiger partial charge in [-0.05, 0) is 55.8 Å². The third kappa shape index (κ3) is 5.70. The summed E-state index contributed by atoms with van der Waals surface area (Å²) in [6.45, 7) is 4.43. The SMILES string of the molecule is CCOc1ccc(C(=O)COC(=O)c2ccccc2OCc2cccc(C)c2)cc1. The van der Waals surface area contributed by atoms with Gasteiger partial charge in [0.15, 0.2) is 12.4 Å². The number of carbonyl (C=O) groups excluding carboxylic acids is 2. The van der Waals surface area contributed by atoms with Crippen LogP contribution >= 0.6 is 0 Å². The molecule has 0 N–H and O–H groups in total. The molecular weight excluding hydrogens is 380 g/mol. The molecule has 0 aliphatic rings. The minimum absolute atomic E-state index is 0.282. The quantitative estimate of drug-likeness (QED) is 0.370. The molecule has 0 amide bonds. The van der Waals surface area contributed by atoms with Crippen LogP contribution in [0.3, 0.4) is 0 Å². The number of rotatable bonds is 9. The molecule has 5 heteroatoms. The van der Waals surface area contributed by atoms with E-state index in [4.69, 9.17) is 14.2 Å². The number of hydrogen-bond acceptors (Lipinski definition) is 5. The first-order valence-corrected chi connectivity index (χ1v) is 9.77. The van der Waals surface area contributed by atoms with Gasteiger partial charge in [0.05, 0.1) is 6.61 Å². The van der Waals surface area contributed by atoms with Crippen molar-refractivity contribution in [3.8, 4) is 11.5 Å². The van der Waals surface area contributed by atoms with Crippen LogP contribution in [-0.2, 0) is 11.3 Å². The van der Waals surface area contributed by atoms with E-state index in [9.17, 15) is 9.59 Å². The minimum Gasteiger partial charge on any atom is -0.494 e. The van der Waals surface area contributed by atoms with Gasteiger partial charge in [-0.3, -0.25) is 4.79 Å². The number of benzene rings is 3. The monoisotopic (exact) mass is 404 g/mol. The zero-order valence-electron chi connectivity index (χ0n) is 17.1. The zero-order chi connectivity index (χ0) is 21.3. The van der Waals surface area contributed by atoms with Gasteiger partial charge in [0.2, 0.25) is 0 Å². The van der Waals surface area contributed by atoms with Crippen LogP contribution in [0, 0.1) is 6.92 Å². The summed E-state index contributed by atoms with van der Waals surface area (Å²) in [7, 11) is 0. The van der Waals surface area contributed by atoms with Crippen molar-refractivity contribution in [1.82, 2.24) is 0 Å². The van der Waals surface area contributed by atoms with Crippen LogP contribution in [0.4, 0.5) is 0 Å². The van der Waals surface area contributed by atoms with Gasteiger partial charge in [0.1, 0.15) is 23.7 Å². The molecule has 0 bridgehead atoms. The second-order valence-corrected chi connectivity index (χ2v) is 6.73. The molecule has 0 spiro atoms. The van der Waals surface area contributed by atoms with Gasteiger partial charge < -0.3 is 14.2 Å². The molecule has 3 aromatic carbocycles. The second kappa shape index (κ2) is 10.3. The van der Waals surface area contributed by atoms with E-state index in [1.54, 1.807) is 48.5 Å². The molecular formula is C25H24O5. The van der Waals surface area contributed by atoms with E-state index in [2.05, 4.69) is 0 Å². The summed E-state index contributed by atoms with van der Waals surface area (Å²) in [6, 6.07) is 21.5. The summed E-state index contributed by atoms with van der Waals surface area (Å²) in [5.74, 6) is 0.210. The lowest BCUT2D eigenvalue weighted by atomic mass is 10.1. The number of para-hydroxylation sites is 1. The predicted octanol–water partition coefficient (Wildman–Crippen LogP) is 5.01. The Kier molecular flexibility index (Phi) is 7.22. The number of ether oxygens (including phenoxy) is 3. The van der Waals surface area contributed by atoms with Crippen LogP contribution in [0.5, 0.6) is 11.5 Å². The van der Waals surface area contributed by atoms with Crippen molar-refractivity contribution in [2.24, 2.45) is 0 Å². The van der Waals surface area contributed by atoms with E-state index in [1.807, 2.05) is 38.1 Å². The van der Waals surface area contributed by atoms with Crippen molar-refractivity contribution in [2.45, 2.75) is 20.5 Å². The second-order valence-electron chi connectivity index (χ2n) is 6.73. The van der Waals surface area contributed by atoms with E-state index in [1.165, 1.54) is 0 Å². The summed E-state index contributed by atoms with van der Waals surface area (Å²) in [5, 5.41) is 0. The normalized spacial score (nSPS) is 10.3. The van der Waals surface area contributed by atoms with Gasteiger partial charge in [-0.2, -0.15) is 0 Å². The topological polar surface area (TPSA) is 61.8 Å². The van der Waals surface area contributed by atoms with E-state index in [0.717, 1.165) is 11.1 Å². The maximum Gasteiger partial charge on any atom is 0.342 e. The minimum atomic E-state index is -0.603. The van der Waals surface area contributed by atoms with E-state index in [0.29, 0.717) is 30.3 Å². The smallest absolute Gasteiger partial charge is 0.342 e. The highest BCUT2D eigenvalue weighted by Gasteiger charge is 2.16. The Labute approximate surface area is 176 Å². The van der Waals surface area contributed by atoms with Crippen molar-refractivity contribution < 1.29 is 23.8 Å². The first-order valence-electron chi connectivity index (χ1n) is 9.77. The fraction of sp³-hybridized carbons (Fsp3) is 0.200. The third-order valence-electron chi connectivity index (χ3n) is 4.41. The highest BCUT2D eigenvalue weighted by atomic mass is 16.5. The highest BCUT2D eigenvalue weighted by Crippen LogP contribution is 2.21. The highest BCUT2D eigenvalue weighted by molar-refractivity contribution is 6.00. The summed E-state index contributed by atoms with van der Waals surface area (Å²) in [6.07, 6.45) is 0. The van der Waals surface area contributed by atoms with Crippen LogP contribution < -0.4 is 9.47 Å². The lowest BCUT2D eigenvalue weighted by Gasteiger charge is -2.11. The van der Waals surface area contributed by atoms with Crippen molar-refractivity contribution in [3.63, 3.8) is 0 Å². The maximum absolute atomic E-state index is 12.5. The molecule has 0 saturated carbocycles. The molecule has 0 fully saturated rings. The number of carbonyl (C=O) groups is 2. The van der Waals surface area contributed by atoms with Crippen LogP contribution in [0.25, 0.3) is 0 Å². The van der Waals surface area contributed by atoms with Gasteiger partial charge in [0.25, 0.3) is 0 Å². The number of esters is 1. The fourth-order valence-corrected chi connectivity index (χ4v) is 2.92. The Morgan fingerprint density at radius 2 is 1.63 bits per heavy atom. The molecule has 154 valence electrons. The number of hydrogen-bond donors (Lipinski definition) is 0. The third-order valence-corrected chi connectivity index (χ3v) is 4.41. The molecule has 0 atom stereocenters. The average molecular weight is 404 g/mol. The summed E-state index contributed by atoms with van der Waals surface area (Å²) in [5.41, 5.74) is 2.88. The largest absolute Gasteiger partial charge is 0.494 e. The Morgan fingerprint density at radius 3 is 2.37 bits per heavy atom. The van der Waals surface area contributed by atoms with Gasteiger partial charge >= 0.3 is 5.97 Å². The van der Waals surface area contributed by atoms with Crippen LogP contribution in [-0.4, -0.2) is 25.0 Å². The van der Waals surface area contributed by atoms with Crippen molar-refractivity contribution >= 4 is 11.8 Å². The Hall–Kier alpha value is -3.60. The van der Waals surface area contributed by atoms with Gasteiger partial charge in [-0.25, -0.2) is 4.79 Å². The first kappa shape index (κ1) is 21.1. The number of ketones is 1. The standard InChI is InChI=1S/C25H24O5/c1-3-28-21-13-11-20(12-14-21)23(26)17-30-25(27)22-9-4-5-10-24(22)29-16-19-8-6-7-18(2)15-19/h4-15H,3,16-17H2,1-2H3. The molecule has 0 unspecified atom stereocenters. The summed E-state index contributed by atoms with van der Waals surface area (Å²) in [4.78, 5) is 24.9. The van der Waals surface area contributed by atoms with E-state index in [-0.39, 0.29) is 18.0 Å². The molecule has 3 rings (SSSR count). The Balaban J connectivity index is 1.60. The van der Waals surface area contributed by atoms with Gasteiger partial charge in [0, 0.05) is 5.56 Å². The zero-order valence-corrected chi connectivity index (χ0v) is 17.1. The lowest BCUT2D eigenvalue weighted by molar-refractivity contribution is 0.0470. The van der Waals surface area contributed by atoms with Gasteiger partial charge in [-0.1, -0.05) is 42.0 Å². The maximum atomic E-state index is 12.5. The molecule has 0 aromatic heterocycles. The average Bonchev–Trinajstić information content (AvgIpc) is 2.77. The molecule has 0 aliphatic carbocycles.